The maximum absolute atomic E-state index is 12.4. The van der Waals surface area contributed by atoms with Gasteiger partial charge < -0.3 is 15.4 Å². The van der Waals surface area contributed by atoms with Gasteiger partial charge in [-0.2, -0.15) is 5.10 Å². The number of carbonyl (C=O) groups excluding carboxylic acids is 1. The van der Waals surface area contributed by atoms with Gasteiger partial charge in [0.1, 0.15) is 23.6 Å². The molecule has 0 bridgehead atoms. The maximum Gasteiger partial charge on any atom is 0.246 e. The lowest BCUT2D eigenvalue weighted by atomic mass is 10.1. The molecule has 3 aromatic heterocycles. The fourth-order valence-electron chi connectivity index (χ4n) is 4.11. The Kier molecular flexibility index (Phi) is 5.90. The first kappa shape index (κ1) is 21.6. The third kappa shape index (κ3) is 4.19. The summed E-state index contributed by atoms with van der Waals surface area (Å²) < 4.78 is 7.67. The molecule has 5 rings (SSSR count). The molecule has 1 saturated heterocycles. The Morgan fingerprint density at radius 1 is 1.18 bits per heavy atom. The van der Waals surface area contributed by atoms with Gasteiger partial charge in [0, 0.05) is 30.9 Å². The number of likely N-dealkylation sites (tertiary alicyclic amines) is 1. The second-order valence-electron chi connectivity index (χ2n) is 8.09. The molecule has 1 aliphatic rings. The predicted octanol–water partition coefficient (Wildman–Crippen LogP) is 4.00. The number of fused-ring (bicyclic) bond motifs is 1. The monoisotopic (exact) mass is 455 g/mol. The van der Waals surface area contributed by atoms with Gasteiger partial charge in [0.25, 0.3) is 0 Å². The van der Waals surface area contributed by atoms with Crippen molar-refractivity contribution in [1.82, 2.24) is 29.6 Å². The van der Waals surface area contributed by atoms with Crippen LogP contribution < -0.4 is 10.5 Å². The lowest BCUT2D eigenvalue weighted by Gasteiger charge is -2.15. The molecule has 1 amide bonds. The van der Waals surface area contributed by atoms with Crippen LogP contribution in [0.4, 0.5) is 5.82 Å². The van der Waals surface area contributed by atoms with E-state index in [0.29, 0.717) is 47.3 Å². The third-order valence-electron chi connectivity index (χ3n) is 5.81. The highest BCUT2D eigenvalue weighted by molar-refractivity contribution is 5.98. The summed E-state index contributed by atoms with van der Waals surface area (Å²) in [5.41, 5.74) is 8.33. The molecule has 0 aliphatic carbocycles. The van der Waals surface area contributed by atoms with E-state index in [0.717, 1.165) is 18.4 Å². The van der Waals surface area contributed by atoms with Crippen molar-refractivity contribution in [2.24, 2.45) is 0 Å². The number of carbonyl (C=O) groups is 1. The molecule has 2 N–H and O–H groups in total. The van der Waals surface area contributed by atoms with Crippen molar-refractivity contribution in [2.45, 2.75) is 25.8 Å². The summed E-state index contributed by atoms with van der Waals surface area (Å²) in [6.07, 6.45) is 8.28. The van der Waals surface area contributed by atoms with Gasteiger partial charge in [-0.25, -0.2) is 19.6 Å². The highest BCUT2D eigenvalue weighted by Crippen LogP contribution is 2.34. The molecule has 1 aliphatic heterocycles. The Morgan fingerprint density at radius 3 is 2.79 bits per heavy atom. The van der Waals surface area contributed by atoms with E-state index in [2.05, 4.69) is 15.0 Å². The smallest absolute Gasteiger partial charge is 0.246 e. The molecule has 0 radical (unpaired) electrons. The average Bonchev–Trinajstić information content (AvgIpc) is 3.50. The molecule has 172 valence electrons. The van der Waals surface area contributed by atoms with Gasteiger partial charge in [-0.15, -0.1) is 0 Å². The van der Waals surface area contributed by atoms with Crippen LogP contribution in [0.5, 0.6) is 11.6 Å². The molecule has 0 saturated carbocycles. The normalized spacial score (nSPS) is 15.9. The number of hydrogen-bond acceptors (Lipinski definition) is 7. The van der Waals surface area contributed by atoms with Crippen molar-refractivity contribution >= 4 is 22.8 Å². The molecular weight excluding hydrogens is 430 g/mol. The van der Waals surface area contributed by atoms with Crippen LogP contribution in [0, 0.1) is 0 Å². The highest BCUT2D eigenvalue weighted by atomic mass is 16.5. The topological polar surface area (TPSA) is 112 Å². The molecule has 4 aromatic rings. The van der Waals surface area contributed by atoms with Crippen molar-refractivity contribution in [2.75, 3.05) is 18.8 Å². The maximum atomic E-state index is 12.4. The summed E-state index contributed by atoms with van der Waals surface area (Å²) in [6.45, 7) is 3.24. The number of nitrogens with zero attached hydrogens (tertiary/aromatic N) is 6. The molecule has 0 unspecified atom stereocenters. The van der Waals surface area contributed by atoms with E-state index < -0.39 is 0 Å². The van der Waals surface area contributed by atoms with Crippen LogP contribution in [0.15, 0.2) is 67.1 Å². The number of anilines is 1. The number of aromatic nitrogens is 5. The molecular formula is C25H25N7O2. The molecule has 1 aromatic carbocycles. The number of hydrogen-bond donors (Lipinski definition) is 1. The molecule has 0 spiro atoms. The van der Waals surface area contributed by atoms with Gasteiger partial charge in [-0.1, -0.05) is 31.2 Å². The molecule has 1 fully saturated rings. The second kappa shape index (κ2) is 9.30. The Bertz CT molecular complexity index is 1330. The number of nitrogens with two attached hydrogens (primary N) is 1. The summed E-state index contributed by atoms with van der Waals surface area (Å²) in [6, 6.07) is 13.2. The first-order valence-corrected chi connectivity index (χ1v) is 11.3. The SMILES string of the molecule is CC/C=C\C(=O)N1CC[C@@H](n2nc(-c3ccc(Oc4ccccc4)nc3)c3c(N)ncnc32)C1. The van der Waals surface area contributed by atoms with Crippen molar-refractivity contribution in [1.29, 1.82) is 0 Å². The van der Waals surface area contributed by atoms with Crippen molar-refractivity contribution in [3.8, 4) is 22.9 Å². The van der Waals surface area contributed by atoms with E-state index >= 15 is 0 Å². The summed E-state index contributed by atoms with van der Waals surface area (Å²) in [7, 11) is 0. The molecule has 4 heterocycles. The van der Waals surface area contributed by atoms with E-state index in [1.807, 2.05) is 59.0 Å². The molecule has 9 nitrogen and oxygen atoms in total. The molecule has 34 heavy (non-hydrogen) atoms. The number of rotatable bonds is 6. The minimum Gasteiger partial charge on any atom is -0.439 e. The zero-order valence-corrected chi connectivity index (χ0v) is 18.8. The third-order valence-corrected chi connectivity index (χ3v) is 5.81. The first-order chi connectivity index (χ1) is 16.6. The zero-order valence-electron chi connectivity index (χ0n) is 18.8. The number of para-hydroxylation sites is 1. The first-order valence-electron chi connectivity index (χ1n) is 11.3. The van der Waals surface area contributed by atoms with Crippen LogP contribution in [0.1, 0.15) is 25.8 Å². The van der Waals surface area contributed by atoms with Crippen LogP contribution in [0.25, 0.3) is 22.3 Å². The van der Waals surface area contributed by atoms with Crippen molar-refractivity contribution < 1.29 is 9.53 Å². The van der Waals surface area contributed by atoms with Crippen molar-refractivity contribution in [3.05, 3.63) is 67.1 Å². The van der Waals surface area contributed by atoms with E-state index in [1.165, 1.54) is 6.33 Å². The van der Waals surface area contributed by atoms with E-state index in [4.69, 9.17) is 15.6 Å². The minimum absolute atomic E-state index is 0.00169. The van der Waals surface area contributed by atoms with Crippen LogP contribution in [0.2, 0.25) is 0 Å². The van der Waals surface area contributed by atoms with Gasteiger partial charge in [0.2, 0.25) is 11.8 Å². The summed E-state index contributed by atoms with van der Waals surface area (Å²) in [5.74, 6) is 1.57. The van der Waals surface area contributed by atoms with Gasteiger partial charge in [0.05, 0.1) is 11.4 Å². The number of ether oxygens (including phenoxy) is 1. The largest absolute Gasteiger partial charge is 0.439 e. The number of nitrogen functional groups attached to an aromatic ring is 1. The molecule has 1 atom stereocenters. The number of allylic oxidation sites excluding steroid dienone is 1. The lowest BCUT2D eigenvalue weighted by Crippen LogP contribution is -2.27. The lowest BCUT2D eigenvalue weighted by molar-refractivity contribution is -0.125. The van der Waals surface area contributed by atoms with E-state index in [-0.39, 0.29) is 11.9 Å². The Balaban J connectivity index is 1.45. The summed E-state index contributed by atoms with van der Waals surface area (Å²) in [5, 5.41) is 5.55. The van der Waals surface area contributed by atoms with E-state index in [1.54, 1.807) is 18.3 Å². The summed E-state index contributed by atoms with van der Waals surface area (Å²) in [4.78, 5) is 27.4. The van der Waals surface area contributed by atoms with Crippen LogP contribution in [-0.2, 0) is 4.79 Å². The molecule has 9 heteroatoms. The standard InChI is InChI=1S/C25H25N7O2/c1-2-3-9-21(33)31-13-12-18(15-31)32-25-22(24(26)28-16-29-25)23(30-32)17-10-11-20(27-14-17)34-19-7-5-4-6-8-19/h3-11,14,16,18H,2,12-13,15H2,1H3,(H2,26,28,29)/b9-3-/t18-/m1/s1. The fourth-order valence-corrected chi connectivity index (χ4v) is 4.11. The van der Waals surface area contributed by atoms with Gasteiger partial charge in [0.15, 0.2) is 5.65 Å². The van der Waals surface area contributed by atoms with Gasteiger partial charge >= 0.3 is 0 Å². The Morgan fingerprint density at radius 2 is 2.03 bits per heavy atom. The van der Waals surface area contributed by atoms with E-state index in [9.17, 15) is 4.79 Å². The van der Waals surface area contributed by atoms with Gasteiger partial charge in [-0.3, -0.25) is 4.79 Å². The number of pyridine rings is 1. The zero-order chi connectivity index (χ0) is 23.5. The van der Waals surface area contributed by atoms with Crippen molar-refractivity contribution in [3.63, 3.8) is 0 Å². The number of benzene rings is 1. The van der Waals surface area contributed by atoms with Crippen LogP contribution in [-0.4, -0.2) is 48.6 Å². The summed E-state index contributed by atoms with van der Waals surface area (Å²) >= 11 is 0. The highest BCUT2D eigenvalue weighted by Gasteiger charge is 2.30. The van der Waals surface area contributed by atoms with Crippen LogP contribution >= 0.6 is 0 Å². The quantitative estimate of drug-likeness (QED) is 0.437. The fraction of sp³-hybridized carbons (Fsp3) is 0.240. The Hall–Kier alpha value is -4.27. The van der Waals surface area contributed by atoms with Gasteiger partial charge in [-0.05, 0) is 37.1 Å². The Labute approximate surface area is 196 Å². The predicted molar refractivity (Wildman–Crippen MR) is 129 cm³/mol. The minimum atomic E-state index is -0.00169. The number of amides is 1. The average molecular weight is 456 g/mol. The van der Waals surface area contributed by atoms with Crippen LogP contribution in [0.3, 0.4) is 0 Å². The second-order valence-corrected chi connectivity index (χ2v) is 8.09.